The number of sulfonamides is 1. The standard InChI is InChI=1S/C21H13ClF2N4O2S/c1-12-17-9-13(11-25-21(17)27-26-12)5-6-16-18(23)7-8-19(20(16)24)28-31(29,30)15-4-2-3-14(22)10-15/h2-4,7-11,28H,1H3,(H,25,26,27). The van der Waals surface area contributed by atoms with Gasteiger partial charge in [-0.15, -0.1) is 0 Å². The average molecular weight is 459 g/mol. The van der Waals surface area contributed by atoms with Crippen LogP contribution >= 0.6 is 11.6 Å². The molecule has 0 amide bonds. The number of H-pyrrole nitrogens is 1. The first kappa shape index (κ1) is 20.8. The number of hydrogen-bond acceptors (Lipinski definition) is 4. The molecule has 0 saturated carbocycles. The summed E-state index contributed by atoms with van der Waals surface area (Å²) in [4.78, 5) is 3.97. The second kappa shape index (κ2) is 7.98. The van der Waals surface area contributed by atoms with E-state index in [-0.39, 0.29) is 9.92 Å². The van der Waals surface area contributed by atoms with Crippen LogP contribution in [-0.4, -0.2) is 23.6 Å². The lowest BCUT2D eigenvalue weighted by molar-refractivity contribution is 0.578. The minimum absolute atomic E-state index is 0.161. The van der Waals surface area contributed by atoms with E-state index in [9.17, 15) is 17.2 Å². The van der Waals surface area contributed by atoms with Gasteiger partial charge in [-0.2, -0.15) is 5.10 Å². The van der Waals surface area contributed by atoms with Crippen LogP contribution in [0.1, 0.15) is 16.8 Å². The minimum Gasteiger partial charge on any atom is -0.280 e. The average Bonchev–Trinajstić information content (AvgIpc) is 3.10. The lowest BCUT2D eigenvalue weighted by atomic mass is 10.1. The Morgan fingerprint density at radius 2 is 1.94 bits per heavy atom. The molecule has 2 aromatic carbocycles. The summed E-state index contributed by atoms with van der Waals surface area (Å²) in [5.74, 6) is 3.02. The van der Waals surface area contributed by atoms with Gasteiger partial charge >= 0.3 is 0 Å². The van der Waals surface area contributed by atoms with E-state index >= 15 is 0 Å². The quantitative estimate of drug-likeness (QED) is 0.445. The third-order valence-corrected chi connectivity index (χ3v) is 5.97. The summed E-state index contributed by atoms with van der Waals surface area (Å²) in [7, 11) is -4.14. The Morgan fingerprint density at radius 1 is 1.13 bits per heavy atom. The third kappa shape index (κ3) is 4.21. The fourth-order valence-corrected chi connectivity index (χ4v) is 4.17. The van der Waals surface area contributed by atoms with Crippen LogP contribution in [0.5, 0.6) is 0 Å². The van der Waals surface area contributed by atoms with Gasteiger partial charge < -0.3 is 0 Å². The van der Waals surface area contributed by atoms with E-state index in [1.165, 1.54) is 30.5 Å². The van der Waals surface area contributed by atoms with Crippen LogP contribution in [0.4, 0.5) is 14.5 Å². The molecule has 10 heteroatoms. The first-order valence-electron chi connectivity index (χ1n) is 8.84. The van der Waals surface area contributed by atoms with Gasteiger partial charge in [0.2, 0.25) is 0 Å². The van der Waals surface area contributed by atoms with Crippen LogP contribution in [0.3, 0.4) is 0 Å². The molecule has 2 N–H and O–H groups in total. The van der Waals surface area contributed by atoms with E-state index in [2.05, 4.69) is 31.7 Å². The molecule has 2 heterocycles. The van der Waals surface area contributed by atoms with Gasteiger partial charge in [0.25, 0.3) is 10.0 Å². The van der Waals surface area contributed by atoms with Crippen molar-refractivity contribution in [1.82, 2.24) is 15.2 Å². The summed E-state index contributed by atoms with van der Waals surface area (Å²) < 4.78 is 56.3. The number of fused-ring (bicyclic) bond motifs is 1. The van der Waals surface area contributed by atoms with Crippen molar-refractivity contribution in [3.05, 3.63) is 82.1 Å². The summed E-state index contributed by atoms with van der Waals surface area (Å²) in [5, 5.41) is 7.73. The van der Waals surface area contributed by atoms with Crippen molar-refractivity contribution in [3.63, 3.8) is 0 Å². The first-order chi connectivity index (χ1) is 14.7. The van der Waals surface area contributed by atoms with Crippen LogP contribution < -0.4 is 4.72 Å². The van der Waals surface area contributed by atoms with Gasteiger partial charge in [-0.05, 0) is 43.3 Å². The van der Waals surface area contributed by atoms with E-state index in [4.69, 9.17) is 11.6 Å². The van der Waals surface area contributed by atoms with Crippen molar-refractivity contribution in [2.24, 2.45) is 0 Å². The van der Waals surface area contributed by atoms with Crippen molar-refractivity contribution >= 4 is 38.3 Å². The highest BCUT2D eigenvalue weighted by atomic mass is 35.5. The molecule has 0 spiro atoms. The van der Waals surface area contributed by atoms with Crippen molar-refractivity contribution in [1.29, 1.82) is 0 Å². The highest BCUT2D eigenvalue weighted by molar-refractivity contribution is 7.92. The molecule has 0 atom stereocenters. The molecule has 0 unspecified atom stereocenters. The summed E-state index contributed by atoms with van der Waals surface area (Å²) in [6.45, 7) is 1.81. The SMILES string of the molecule is Cc1[nH]nc2ncc(C#Cc3c(F)ccc(NS(=O)(=O)c4cccc(Cl)c4)c3F)cc12. The summed E-state index contributed by atoms with van der Waals surface area (Å²) in [6, 6.07) is 9.08. The van der Waals surface area contributed by atoms with Crippen molar-refractivity contribution < 1.29 is 17.2 Å². The molecule has 0 bridgehead atoms. The Kier molecular flexibility index (Phi) is 5.35. The Morgan fingerprint density at radius 3 is 2.71 bits per heavy atom. The molecule has 0 aliphatic heterocycles. The maximum atomic E-state index is 14.9. The molecule has 0 radical (unpaired) electrons. The molecule has 156 valence electrons. The smallest absolute Gasteiger partial charge is 0.262 e. The maximum Gasteiger partial charge on any atom is 0.262 e. The highest BCUT2D eigenvalue weighted by Crippen LogP contribution is 2.25. The zero-order valence-corrected chi connectivity index (χ0v) is 17.4. The maximum absolute atomic E-state index is 14.9. The number of pyridine rings is 1. The van der Waals surface area contributed by atoms with Gasteiger partial charge in [-0.1, -0.05) is 29.5 Å². The van der Waals surface area contributed by atoms with Crippen LogP contribution in [-0.2, 0) is 10.0 Å². The molecule has 4 rings (SSSR count). The molecule has 2 aromatic heterocycles. The number of nitrogens with one attached hydrogen (secondary N) is 2. The Hall–Kier alpha value is -3.48. The normalized spacial score (nSPS) is 11.2. The van der Waals surface area contributed by atoms with Gasteiger partial charge in [0.1, 0.15) is 5.82 Å². The fraction of sp³-hybridized carbons (Fsp3) is 0.0476. The number of nitrogens with zero attached hydrogens (tertiary/aromatic N) is 2. The lowest BCUT2D eigenvalue weighted by Gasteiger charge is -2.10. The van der Waals surface area contributed by atoms with Gasteiger partial charge in [0, 0.05) is 27.9 Å². The third-order valence-electron chi connectivity index (χ3n) is 4.37. The van der Waals surface area contributed by atoms with Gasteiger partial charge in [0.05, 0.1) is 16.1 Å². The second-order valence-corrected chi connectivity index (χ2v) is 8.66. The lowest BCUT2D eigenvalue weighted by Crippen LogP contribution is -2.14. The van der Waals surface area contributed by atoms with Crippen LogP contribution in [0, 0.1) is 30.4 Å². The Balaban J connectivity index is 1.70. The van der Waals surface area contributed by atoms with Crippen LogP contribution in [0.2, 0.25) is 5.02 Å². The summed E-state index contributed by atoms with van der Waals surface area (Å²) in [5.41, 5.74) is 0.680. The number of aryl methyl sites for hydroxylation is 1. The van der Waals surface area contributed by atoms with Crippen LogP contribution in [0.25, 0.3) is 11.0 Å². The molecular formula is C21H13ClF2N4O2S. The van der Waals surface area contributed by atoms with E-state index in [1.54, 1.807) is 6.07 Å². The van der Waals surface area contributed by atoms with Gasteiger partial charge in [0.15, 0.2) is 11.5 Å². The molecule has 0 aliphatic rings. The van der Waals surface area contributed by atoms with Crippen LogP contribution in [0.15, 0.2) is 53.6 Å². The number of aromatic amines is 1. The number of aromatic nitrogens is 3. The van der Waals surface area contributed by atoms with Gasteiger partial charge in [-0.25, -0.2) is 22.2 Å². The van der Waals surface area contributed by atoms with E-state index < -0.39 is 32.9 Å². The molecule has 0 aliphatic carbocycles. The minimum atomic E-state index is -4.14. The first-order valence-corrected chi connectivity index (χ1v) is 10.7. The molecule has 4 aromatic rings. The molecular weight excluding hydrogens is 446 g/mol. The monoisotopic (exact) mass is 458 g/mol. The topological polar surface area (TPSA) is 87.7 Å². The number of anilines is 1. The van der Waals surface area contributed by atoms with E-state index in [0.717, 1.165) is 23.2 Å². The fourth-order valence-electron chi connectivity index (χ4n) is 2.81. The zero-order chi connectivity index (χ0) is 22.2. The molecule has 0 fully saturated rings. The van der Waals surface area contributed by atoms with Crippen molar-refractivity contribution in [2.75, 3.05) is 4.72 Å². The zero-order valence-electron chi connectivity index (χ0n) is 15.9. The van der Waals surface area contributed by atoms with Crippen molar-refractivity contribution in [3.8, 4) is 11.8 Å². The van der Waals surface area contributed by atoms with E-state index in [0.29, 0.717) is 11.2 Å². The second-order valence-electron chi connectivity index (χ2n) is 6.54. The largest absolute Gasteiger partial charge is 0.280 e. The van der Waals surface area contributed by atoms with Crippen molar-refractivity contribution in [2.45, 2.75) is 11.8 Å². The number of hydrogen-bond donors (Lipinski definition) is 2. The van der Waals surface area contributed by atoms with Gasteiger partial charge in [-0.3, -0.25) is 9.82 Å². The Labute approximate surface area is 181 Å². The molecule has 6 nitrogen and oxygen atoms in total. The number of benzene rings is 2. The summed E-state index contributed by atoms with van der Waals surface area (Å²) >= 11 is 5.82. The Bertz CT molecular complexity index is 1490. The number of rotatable bonds is 3. The highest BCUT2D eigenvalue weighted by Gasteiger charge is 2.19. The predicted octanol–water partition coefficient (Wildman–Crippen LogP) is 4.40. The number of halogens is 3. The van der Waals surface area contributed by atoms with E-state index in [1.807, 2.05) is 6.92 Å². The molecule has 31 heavy (non-hydrogen) atoms. The summed E-state index contributed by atoms with van der Waals surface area (Å²) in [6.07, 6.45) is 1.43. The predicted molar refractivity (Wildman–Crippen MR) is 113 cm³/mol. The molecule has 0 saturated heterocycles.